The summed E-state index contributed by atoms with van der Waals surface area (Å²) >= 11 is 0. The number of benzene rings is 1. The lowest BCUT2D eigenvalue weighted by Gasteiger charge is -2.02. The molecule has 94 valence electrons. The van der Waals surface area contributed by atoms with Crippen LogP contribution in [0.2, 0.25) is 0 Å². The van der Waals surface area contributed by atoms with Crippen molar-refractivity contribution in [3.8, 4) is 17.1 Å². The summed E-state index contributed by atoms with van der Waals surface area (Å²) in [5, 5.41) is 12.3. The van der Waals surface area contributed by atoms with Crippen molar-refractivity contribution in [3.63, 3.8) is 0 Å². The highest BCUT2D eigenvalue weighted by atomic mass is 16.5. The Morgan fingerprint density at radius 1 is 1.50 bits per heavy atom. The molecule has 0 aliphatic carbocycles. The minimum atomic E-state index is -1.01. The van der Waals surface area contributed by atoms with Crippen molar-refractivity contribution < 1.29 is 19.2 Å². The van der Waals surface area contributed by atoms with Crippen LogP contribution in [0.3, 0.4) is 0 Å². The smallest absolute Gasteiger partial charge is 0.312 e. The first kappa shape index (κ1) is 12.1. The molecule has 0 radical (unpaired) electrons. The third kappa shape index (κ3) is 2.85. The third-order valence-electron chi connectivity index (χ3n) is 2.17. The second-order valence-corrected chi connectivity index (χ2v) is 3.54. The normalized spacial score (nSPS) is 10.3. The van der Waals surface area contributed by atoms with Gasteiger partial charge < -0.3 is 14.4 Å². The van der Waals surface area contributed by atoms with Gasteiger partial charge >= 0.3 is 5.97 Å². The summed E-state index contributed by atoms with van der Waals surface area (Å²) in [6.45, 7) is 2.46. The molecule has 0 spiro atoms. The predicted molar refractivity (Wildman–Crippen MR) is 62.2 cm³/mol. The Kier molecular flexibility index (Phi) is 3.57. The van der Waals surface area contributed by atoms with Crippen LogP contribution >= 0.6 is 0 Å². The molecular formula is C12H12N2O4. The number of carboxylic acids is 1. The zero-order chi connectivity index (χ0) is 13.0. The van der Waals surface area contributed by atoms with E-state index in [1.165, 1.54) is 0 Å². The van der Waals surface area contributed by atoms with E-state index < -0.39 is 5.97 Å². The Balaban J connectivity index is 2.22. The highest BCUT2D eigenvalue weighted by molar-refractivity contribution is 5.69. The van der Waals surface area contributed by atoms with Gasteiger partial charge in [-0.1, -0.05) is 17.3 Å². The molecule has 0 aliphatic heterocycles. The fraction of sp³-hybridized carbons (Fsp3) is 0.250. The molecular weight excluding hydrogens is 236 g/mol. The summed E-state index contributed by atoms with van der Waals surface area (Å²) in [5.41, 5.74) is 0.723. The van der Waals surface area contributed by atoms with Gasteiger partial charge in [0.1, 0.15) is 12.2 Å². The van der Waals surface area contributed by atoms with Gasteiger partial charge in [0.15, 0.2) is 0 Å². The molecule has 2 rings (SSSR count). The molecule has 1 aromatic carbocycles. The lowest BCUT2D eigenvalue weighted by Crippen LogP contribution is -1.99. The van der Waals surface area contributed by atoms with Gasteiger partial charge in [0.25, 0.3) is 0 Å². The maximum absolute atomic E-state index is 10.5. The van der Waals surface area contributed by atoms with Gasteiger partial charge in [-0.25, -0.2) is 0 Å². The number of ether oxygens (including phenoxy) is 1. The molecule has 0 atom stereocenters. The topological polar surface area (TPSA) is 85.5 Å². The van der Waals surface area contributed by atoms with Gasteiger partial charge in [-0.3, -0.25) is 4.79 Å². The zero-order valence-electron chi connectivity index (χ0n) is 9.79. The maximum Gasteiger partial charge on any atom is 0.312 e. The molecule has 0 bridgehead atoms. The molecule has 6 heteroatoms. The molecule has 1 heterocycles. The number of aromatic nitrogens is 2. The molecule has 0 aliphatic rings. The Labute approximate surface area is 103 Å². The number of rotatable bonds is 5. The van der Waals surface area contributed by atoms with Crippen LogP contribution in [0.1, 0.15) is 12.8 Å². The molecule has 0 saturated carbocycles. The molecule has 6 nitrogen and oxygen atoms in total. The fourth-order valence-electron chi connectivity index (χ4n) is 1.46. The molecule has 0 fully saturated rings. The third-order valence-corrected chi connectivity index (χ3v) is 2.17. The van der Waals surface area contributed by atoms with Crippen LogP contribution in [0.15, 0.2) is 28.8 Å². The standard InChI is InChI=1S/C12H12N2O4/c1-2-17-9-5-3-4-8(6-9)12-13-10(18-14-12)7-11(15)16/h3-6H,2,7H2,1H3,(H,15,16). The summed E-state index contributed by atoms with van der Waals surface area (Å²) in [6, 6.07) is 7.22. The molecule has 0 saturated heterocycles. The van der Waals surface area contributed by atoms with Crippen LogP contribution in [0.5, 0.6) is 5.75 Å². The van der Waals surface area contributed by atoms with Gasteiger partial charge in [0.2, 0.25) is 11.7 Å². The van der Waals surface area contributed by atoms with E-state index in [-0.39, 0.29) is 12.3 Å². The van der Waals surface area contributed by atoms with Crippen LogP contribution < -0.4 is 4.74 Å². The first-order valence-corrected chi connectivity index (χ1v) is 5.46. The number of hydrogen-bond acceptors (Lipinski definition) is 5. The summed E-state index contributed by atoms with van der Waals surface area (Å²) in [4.78, 5) is 14.5. The molecule has 1 aromatic heterocycles. The first-order valence-electron chi connectivity index (χ1n) is 5.46. The Morgan fingerprint density at radius 2 is 2.33 bits per heavy atom. The predicted octanol–water partition coefficient (Wildman–Crippen LogP) is 1.76. The lowest BCUT2D eigenvalue weighted by atomic mass is 10.2. The van der Waals surface area contributed by atoms with E-state index in [1.54, 1.807) is 12.1 Å². The van der Waals surface area contributed by atoms with Crippen molar-refractivity contribution in [2.24, 2.45) is 0 Å². The van der Waals surface area contributed by atoms with E-state index in [0.717, 1.165) is 5.56 Å². The van der Waals surface area contributed by atoms with Crippen LogP contribution in [-0.2, 0) is 11.2 Å². The van der Waals surface area contributed by atoms with Crippen molar-refractivity contribution in [1.29, 1.82) is 0 Å². The van der Waals surface area contributed by atoms with Crippen LogP contribution in [0.4, 0.5) is 0 Å². The average molecular weight is 248 g/mol. The van der Waals surface area contributed by atoms with Gasteiger partial charge in [-0.05, 0) is 19.1 Å². The second kappa shape index (κ2) is 5.31. The second-order valence-electron chi connectivity index (χ2n) is 3.54. The van der Waals surface area contributed by atoms with Gasteiger partial charge in [0.05, 0.1) is 6.61 Å². The monoisotopic (exact) mass is 248 g/mol. The van der Waals surface area contributed by atoms with Crippen molar-refractivity contribution in [2.45, 2.75) is 13.3 Å². The van der Waals surface area contributed by atoms with E-state index in [0.29, 0.717) is 18.2 Å². The van der Waals surface area contributed by atoms with Crippen LogP contribution in [0.25, 0.3) is 11.4 Å². The fourth-order valence-corrected chi connectivity index (χ4v) is 1.46. The number of nitrogens with zero attached hydrogens (tertiary/aromatic N) is 2. The highest BCUT2D eigenvalue weighted by Crippen LogP contribution is 2.21. The largest absolute Gasteiger partial charge is 0.494 e. The zero-order valence-corrected chi connectivity index (χ0v) is 9.79. The first-order chi connectivity index (χ1) is 8.69. The summed E-state index contributed by atoms with van der Waals surface area (Å²) < 4.78 is 10.2. The number of carboxylic acid groups (broad SMARTS) is 1. The van der Waals surface area contributed by atoms with Crippen molar-refractivity contribution in [2.75, 3.05) is 6.61 Å². The number of aliphatic carboxylic acids is 1. The van der Waals surface area contributed by atoms with Gasteiger partial charge in [-0.2, -0.15) is 4.98 Å². The van der Waals surface area contributed by atoms with Crippen molar-refractivity contribution >= 4 is 5.97 Å². The van der Waals surface area contributed by atoms with Gasteiger partial charge in [0, 0.05) is 5.56 Å². The Hall–Kier alpha value is -2.37. The van der Waals surface area contributed by atoms with Crippen molar-refractivity contribution in [1.82, 2.24) is 10.1 Å². The lowest BCUT2D eigenvalue weighted by molar-refractivity contribution is -0.136. The van der Waals surface area contributed by atoms with E-state index in [9.17, 15) is 4.79 Å². The van der Waals surface area contributed by atoms with Gasteiger partial charge in [-0.15, -0.1) is 0 Å². The molecule has 18 heavy (non-hydrogen) atoms. The summed E-state index contributed by atoms with van der Waals surface area (Å²) in [5.74, 6) is 0.139. The number of carbonyl (C=O) groups is 1. The summed E-state index contributed by atoms with van der Waals surface area (Å²) in [6.07, 6.45) is -0.280. The quantitative estimate of drug-likeness (QED) is 0.867. The molecule has 2 aromatic rings. The van der Waals surface area contributed by atoms with Crippen LogP contribution in [-0.4, -0.2) is 27.8 Å². The van der Waals surface area contributed by atoms with E-state index >= 15 is 0 Å². The highest BCUT2D eigenvalue weighted by Gasteiger charge is 2.11. The Bertz CT molecular complexity index is 551. The minimum Gasteiger partial charge on any atom is -0.494 e. The minimum absolute atomic E-state index is 0.0827. The summed E-state index contributed by atoms with van der Waals surface area (Å²) in [7, 11) is 0. The van der Waals surface area contributed by atoms with E-state index in [2.05, 4.69) is 10.1 Å². The molecule has 1 N–H and O–H groups in total. The molecule has 0 unspecified atom stereocenters. The molecule has 0 amide bonds. The Morgan fingerprint density at radius 3 is 3.06 bits per heavy atom. The van der Waals surface area contributed by atoms with E-state index in [1.807, 2.05) is 19.1 Å². The van der Waals surface area contributed by atoms with Crippen molar-refractivity contribution in [3.05, 3.63) is 30.2 Å². The SMILES string of the molecule is CCOc1cccc(-c2noc(CC(=O)O)n2)c1. The van der Waals surface area contributed by atoms with E-state index in [4.69, 9.17) is 14.4 Å². The number of hydrogen-bond donors (Lipinski definition) is 1. The van der Waals surface area contributed by atoms with Crippen LogP contribution in [0, 0.1) is 0 Å². The average Bonchev–Trinajstić information content (AvgIpc) is 2.77. The maximum atomic E-state index is 10.5.